The van der Waals surface area contributed by atoms with E-state index in [0.717, 1.165) is 19.3 Å². The molecule has 6 nitrogen and oxygen atoms in total. The van der Waals surface area contributed by atoms with Crippen molar-refractivity contribution in [3.8, 4) is 11.5 Å². The second-order valence-electron chi connectivity index (χ2n) is 6.21. The lowest BCUT2D eigenvalue weighted by atomic mass is 10.0. The lowest BCUT2D eigenvalue weighted by Gasteiger charge is -2.19. The van der Waals surface area contributed by atoms with Gasteiger partial charge in [0, 0.05) is 29.2 Å². The SMILES string of the molecule is Cl.NCC1CCCC1NC(=O)CCS(=O)c1ccc2c(c1)OCCO2. The van der Waals surface area contributed by atoms with Crippen LogP contribution in [0.4, 0.5) is 0 Å². The highest BCUT2D eigenvalue weighted by molar-refractivity contribution is 7.85. The number of hydrogen-bond acceptors (Lipinski definition) is 5. The molecule has 3 atom stereocenters. The predicted molar refractivity (Wildman–Crippen MR) is 98.9 cm³/mol. The molecular weight excluding hydrogens is 364 g/mol. The van der Waals surface area contributed by atoms with E-state index in [4.69, 9.17) is 15.2 Å². The lowest BCUT2D eigenvalue weighted by Crippen LogP contribution is -2.40. The number of ether oxygens (including phenoxy) is 2. The van der Waals surface area contributed by atoms with Crippen molar-refractivity contribution in [2.75, 3.05) is 25.5 Å². The van der Waals surface area contributed by atoms with Gasteiger partial charge in [0.2, 0.25) is 5.91 Å². The quantitative estimate of drug-likeness (QED) is 0.772. The summed E-state index contributed by atoms with van der Waals surface area (Å²) < 4.78 is 23.4. The van der Waals surface area contributed by atoms with Gasteiger partial charge in [-0.15, -0.1) is 12.4 Å². The molecule has 3 unspecified atom stereocenters. The molecule has 140 valence electrons. The summed E-state index contributed by atoms with van der Waals surface area (Å²) in [4.78, 5) is 12.8. The number of fused-ring (bicyclic) bond motifs is 1. The Bertz CT molecular complexity index is 629. The van der Waals surface area contributed by atoms with Crippen molar-refractivity contribution in [2.45, 2.75) is 36.6 Å². The van der Waals surface area contributed by atoms with Crippen molar-refractivity contribution in [3.05, 3.63) is 18.2 Å². The Hall–Kier alpha value is -1.31. The van der Waals surface area contributed by atoms with Crippen LogP contribution < -0.4 is 20.5 Å². The van der Waals surface area contributed by atoms with E-state index in [1.165, 1.54) is 0 Å². The Kier molecular flexibility index (Phi) is 7.53. The molecule has 0 radical (unpaired) electrons. The summed E-state index contributed by atoms with van der Waals surface area (Å²) in [6.45, 7) is 1.63. The third-order valence-corrected chi connectivity index (χ3v) is 5.95. The van der Waals surface area contributed by atoms with Crippen LogP contribution in [0, 0.1) is 5.92 Å². The molecule has 3 rings (SSSR count). The van der Waals surface area contributed by atoms with Gasteiger partial charge in [-0.2, -0.15) is 0 Å². The molecule has 2 aliphatic rings. The number of carbonyl (C=O) groups is 1. The first-order chi connectivity index (χ1) is 11.7. The van der Waals surface area contributed by atoms with Gasteiger partial charge >= 0.3 is 0 Å². The van der Waals surface area contributed by atoms with Crippen molar-refractivity contribution in [1.29, 1.82) is 0 Å². The Labute approximate surface area is 156 Å². The van der Waals surface area contributed by atoms with Crippen LogP contribution in [0.2, 0.25) is 0 Å². The minimum absolute atomic E-state index is 0. The molecule has 1 amide bonds. The summed E-state index contributed by atoms with van der Waals surface area (Å²) in [7, 11) is -1.24. The normalized spacial score (nSPS) is 22.8. The smallest absolute Gasteiger partial charge is 0.221 e. The third kappa shape index (κ3) is 5.09. The summed E-state index contributed by atoms with van der Waals surface area (Å²) in [5.41, 5.74) is 5.73. The van der Waals surface area contributed by atoms with E-state index in [9.17, 15) is 9.00 Å². The number of amides is 1. The molecule has 3 N–H and O–H groups in total. The van der Waals surface area contributed by atoms with E-state index in [1.54, 1.807) is 18.2 Å². The van der Waals surface area contributed by atoms with Gasteiger partial charge in [0.15, 0.2) is 11.5 Å². The van der Waals surface area contributed by atoms with Gasteiger partial charge in [-0.3, -0.25) is 9.00 Å². The summed E-state index contributed by atoms with van der Waals surface area (Å²) in [5.74, 6) is 1.91. The second-order valence-corrected chi connectivity index (χ2v) is 7.78. The minimum Gasteiger partial charge on any atom is -0.486 e. The highest BCUT2D eigenvalue weighted by Crippen LogP contribution is 2.32. The summed E-state index contributed by atoms with van der Waals surface area (Å²) >= 11 is 0. The van der Waals surface area contributed by atoms with Crippen LogP contribution in [-0.4, -0.2) is 41.7 Å². The maximum absolute atomic E-state index is 12.4. The molecule has 1 heterocycles. The van der Waals surface area contributed by atoms with Crippen LogP contribution in [0.1, 0.15) is 25.7 Å². The number of nitrogens with one attached hydrogen (secondary N) is 1. The van der Waals surface area contributed by atoms with E-state index < -0.39 is 10.8 Å². The number of benzene rings is 1. The minimum atomic E-state index is -1.24. The molecule has 25 heavy (non-hydrogen) atoms. The Morgan fingerprint density at radius 3 is 2.76 bits per heavy atom. The first-order valence-electron chi connectivity index (χ1n) is 8.45. The monoisotopic (exact) mass is 388 g/mol. The first kappa shape index (κ1) is 20.0. The fraction of sp³-hybridized carbons (Fsp3) is 0.588. The van der Waals surface area contributed by atoms with Gasteiger partial charge in [-0.25, -0.2) is 0 Å². The molecule has 0 bridgehead atoms. The van der Waals surface area contributed by atoms with E-state index in [2.05, 4.69) is 5.32 Å². The van der Waals surface area contributed by atoms with Crippen molar-refractivity contribution in [3.63, 3.8) is 0 Å². The highest BCUT2D eigenvalue weighted by atomic mass is 35.5. The number of rotatable bonds is 6. The zero-order valence-corrected chi connectivity index (χ0v) is 15.7. The molecule has 0 spiro atoms. The predicted octanol–water partition coefficient (Wildman–Crippen LogP) is 1.62. The molecule has 1 fully saturated rings. The van der Waals surface area contributed by atoms with Crippen LogP contribution >= 0.6 is 12.4 Å². The van der Waals surface area contributed by atoms with Gasteiger partial charge < -0.3 is 20.5 Å². The zero-order chi connectivity index (χ0) is 16.9. The van der Waals surface area contributed by atoms with E-state index in [1.807, 2.05) is 0 Å². The van der Waals surface area contributed by atoms with Crippen LogP contribution in [0.3, 0.4) is 0 Å². The summed E-state index contributed by atoms with van der Waals surface area (Å²) in [5, 5.41) is 3.04. The third-order valence-electron chi connectivity index (χ3n) is 4.60. The average Bonchev–Trinajstić information content (AvgIpc) is 3.06. The molecule has 1 aliphatic heterocycles. The van der Waals surface area contributed by atoms with Gasteiger partial charge in [0.25, 0.3) is 0 Å². The van der Waals surface area contributed by atoms with Gasteiger partial charge in [-0.1, -0.05) is 6.42 Å². The van der Waals surface area contributed by atoms with Crippen molar-refractivity contribution >= 4 is 29.1 Å². The van der Waals surface area contributed by atoms with Gasteiger partial charge in [0.05, 0.1) is 10.8 Å². The Balaban J connectivity index is 0.00000225. The van der Waals surface area contributed by atoms with Crippen molar-refractivity contribution in [1.82, 2.24) is 5.32 Å². The van der Waals surface area contributed by atoms with Gasteiger partial charge in [0.1, 0.15) is 13.2 Å². The Morgan fingerprint density at radius 1 is 1.24 bits per heavy atom. The molecule has 1 aromatic carbocycles. The number of halogens is 1. The molecule has 1 aromatic rings. The van der Waals surface area contributed by atoms with Gasteiger partial charge in [-0.05, 0) is 37.4 Å². The number of carbonyl (C=O) groups excluding carboxylic acids is 1. The lowest BCUT2D eigenvalue weighted by molar-refractivity contribution is -0.121. The fourth-order valence-electron chi connectivity index (χ4n) is 3.26. The highest BCUT2D eigenvalue weighted by Gasteiger charge is 2.27. The second kappa shape index (κ2) is 9.40. The van der Waals surface area contributed by atoms with E-state index in [0.29, 0.717) is 47.8 Å². The topological polar surface area (TPSA) is 90.7 Å². The summed E-state index contributed by atoms with van der Waals surface area (Å²) in [6.07, 6.45) is 3.41. The maximum atomic E-state index is 12.4. The van der Waals surface area contributed by atoms with Crippen LogP contribution in [-0.2, 0) is 15.6 Å². The fourth-order valence-corrected chi connectivity index (χ4v) is 4.32. The largest absolute Gasteiger partial charge is 0.486 e. The Morgan fingerprint density at radius 2 is 2.00 bits per heavy atom. The van der Waals surface area contributed by atoms with Crippen molar-refractivity contribution in [2.24, 2.45) is 11.7 Å². The molecule has 0 saturated heterocycles. The van der Waals surface area contributed by atoms with Crippen LogP contribution in [0.15, 0.2) is 23.1 Å². The molecule has 8 heteroatoms. The van der Waals surface area contributed by atoms with E-state index >= 15 is 0 Å². The van der Waals surface area contributed by atoms with Crippen LogP contribution in [0.25, 0.3) is 0 Å². The summed E-state index contributed by atoms with van der Waals surface area (Å²) in [6, 6.07) is 5.45. The zero-order valence-electron chi connectivity index (χ0n) is 14.1. The van der Waals surface area contributed by atoms with Crippen LogP contribution in [0.5, 0.6) is 11.5 Å². The maximum Gasteiger partial charge on any atom is 0.221 e. The number of nitrogens with two attached hydrogens (primary N) is 1. The number of hydrogen-bond donors (Lipinski definition) is 2. The first-order valence-corrected chi connectivity index (χ1v) is 9.76. The average molecular weight is 389 g/mol. The molecule has 1 saturated carbocycles. The standard InChI is InChI=1S/C17H24N2O4S.ClH/c18-11-12-2-1-3-14(12)19-17(20)6-9-24(21)13-4-5-15-16(10-13)23-8-7-22-15;/h4-5,10,12,14H,1-3,6-9,11,18H2,(H,19,20);1H. The molecular formula is C17H25ClN2O4S. The molecule has 1 aliphatic carbocycles. The van der Waals surface area contributed by atoms with E-state index in [-0.39, 0.29) is 30.8 Å². The molecule has 0 aromatic heterocycles. The van der Waals surface area contributed by atoms with Crippen molar-refractivity contribution < 1.29 is 18.5 Å².